The van der Waals surface area contributed by atoms with Gasteiger partial charge in [0.15, 0.2) is 5.76 Å². The Morgan fingerprint density at radius 2 is 2.00 bits per heavy atom. The molecule has 118 valence electrons. The van der Waals surface area contributed by atoms with Gasteiger partial charge < -0.3 is 14.5 Å². The second kappa shape index (κ2) is 6.03. The lowest BCUT2D eigenvalue weighted by molar-refractivity contribution is 0.0896. The normalized spacial score (nSPS) is 21.8. The number of rotatable bonds is 3. The summed E-state index contributed by atoms with van der Waals surface area (Å²) in [5.41, 5.74) is 1.59. The average Bonchev–Trinajstić information content (AvgIpc) is 2.86. The molecule has 22 heavy (non-hydrogen) atoms. The minimum atomic E-state index is -0.104. The maximum absolute atomic E-state index is 12.5. The summed E-state index contributed by atoms with van der Waals surface area (Å²) in [4.78, 5) is 12.5. The molecule has 0 unspecified atom stereocenters. The molecule has 0 atom stereocenters. The predicted octanol–water partition coefficient (Wildman–Crippen LogP) is 4.06. The lowest BCUT2D eigenvalue weighted by Crippen LogP contribution is -2.37. The van der Waals surface area contributed by atoms with Gasteiger partial charge >= 0.3 is 0 Å². The van der Waals surface area contributed by atoms with Crippen LogP contribution in [0.15, 0.2) is 22.6 Å². The van der Waals surface area contributed by atoms with Gasteiger partial charge in [-0.3, -0.25) is 4.79 Å². The van der Waals surface area contributed by atoms with Gasteiger partial charge in [-0.15, -0.1) is 0 Å². The Morgan fingerprint density at radius 1 is 1.27 bits per heavy atom. The van der Waals surface area contributed by atoms with Crippen molar-refractivity contribution in [1.29, 1.82) is 0 Å². The van der Waals surface area contributed by atoms with Gasteiger partial charge in [-0.2, -0.15) is 0 Å². The average molecular weight is 301 g/mol. The second-order valence-electron chi connectivity index (χ2n) is 6.35. The summed E-state index contributed by atoms with van der Waals surface area (Å²) >= 11 is 0. The molecule has 1 aliphatic rings. The molecule has 1 fully saturated rings. The van der Waals surface area contributed by atoms with Crippen molar-refractivity contribution in [1.82, 2.24) is 5.32 Å². The lowest BCUT2D eigenvalue weighted by atomic mass is 9.87. The molecular weight excluding hydrogens is 278 g/mol. The molecule has 0 bridgehead atoms. The molecule has 3 rings (SSSR count). The third-order valence-corrected chi connectivity index (χ3v) is 4.70. The van der Waals surface area contributed by atoms with Crippen LogP contribution in [0.4, 0.5) is 0 Å². The topological polar surface area (TPSA) is 51.5 Å². The fourth-order valence-corrected chi connectivity index (χ4v) is 3.20. The third kappa shape index (κ3) is 2.82. The summed E-state index contributed by atoms with van der Waals surface area (Å²) in [7, 11) is 1.63. The molecule has 1 heterocycles. The number of ether oxygens (including phenoxy) is 1. The molecule has 2 aromatic rings. The van der Waals surface area contributed by atoms with Crippen LogP contribution >= 0.6 is 0 Å². The minimum absolute atomic E-state index is 0.104. The van der Waals surface area contributed by atoms with Crippen LogP contribution in [0.5, 0.6) is 5.75 Å². The Bertz CT molecular complexity index is 681. The van der Waals surface area contributed by atoms with Gasteiger partial charge in [0, 0.05) is 17.0 Å². The summed E-state index contributed by atoms with van der Waals surface area (Å²) in [5, 5.41) is 4.05. The summed E-state index contributed by atoms with van der Waals surface area (Å²) in [6.07, 6.45) is 4.47. The monoisotopic (exact) mass is 301 g/mol. The molecule has 0 saturated heterocycles. The van der Waals surface area contributed by atoms with E-state index in [0.29, 0.717) is 5.76 Å². The fourth-order valence-electron chi connectivity index (χ4n) is 3.20. The summed E-state index contributed by atoms with van der Waals surface area (Å²) in [6.45, 7) is 4.19. The molecule has 0 spiro atoms. The first-order valence-corrected chi connectivity index (χ1v) is 7.96. The second-order valence-corrected chi connectivity index (χ2v) is 6.35. The molecule has 0 radical (unpaired) electrons. The van der Waals surface area contributed by atoms with E-state index in [9.17, 15) is 4.79 Å². The van der Waals surface area contributed by atoms with Crippen molar-refractivity contribution in [2.45, 2.75) is 45.6 Å². The fraction of sp³-hybridized carbons (Fsp3) is 0.500. The van der Waals surface area contributed by atoms with Crippen LogP contribution in [-0.2, 0) is 0 Å². The van der Waals surface area contributed by atoms with Crippen LogP contribution in [0.3, 0.4) is 0 Å². The number of amides is 1. The van der Waals surface area contributed by atoms with E-state index < -0.39 is 0 Å². The van der Waals surface area contributed by atoms with Crippen LogP contribution in [0, 0.1) is 12.8 Å². The van der Waals surface area contributed by atoms with Gasteiger partial charge in [0.1, 0.15) is 11.3 Å². The molecular formula is C18H23NO3. The maximum atomic E-state index is 12.5. The number of aryl methyl sites for hydroxylation is 1. The van der Waals surface area contributed by atoms with Crippen LogP contribution in [0.2, 0.25) is 0 Å². The van der Waals surface area contributed by atoms with E-state index in [0.717, 1.165) is 41.0 Å². The zero-order valence-corrected chi connectivity index (χ0v) is 13.4. The molecule has 4 heteroatoms. The number of carbonyl (C=O) groups excluding carboxylic acids is 1. The van der Waals surface area contributed by atoms with Gasteiger partial charge in [-0.25, -0.2) is 0 Å². The van der Waals surface area contributed by atoms with E-state index in [1.54, 1.807) is 7.11 Å². The van der Waals surface area contributed by atoms with Gasteiger partial charge in [0.25, 0.3) is 5.91 Å². The molecule has 1 amide bonds. The Labute approximate surface area is 130 Å². The number of hydrogen-bond donors (Lipinski definition) is 1. The molecule has 1 aliphatic carbocycles. The Hall–Kier alpha value is -1.97. The van der Waals surface area contributed by atoms with Crippen molar-refractivity contribution in [3.05, 3.63) is 29.5 Å². The van der Waals surface area contributed by atoms with Crippen molar-refractivity contribution < 1.29 is 13.9 Å². The first-order valence-electron chi connectivity index (χ1n) is 7.96. The van der Waals surface area contributed by atoms with E-state index in [4.69, 9.17) is 9.15 Å². The number of carbonyl (C=O) groups is 1. The van der Waals surface area contributed by atoms with E-state index in [1.807, 2.05) is 25.1 Å². The summed E-state index contributed by atoms with van der Waals surface area (Å²) in [6, 6.07) is 5.87. The highest BCUT2D eigenvalue weighted by atomic mass is 16.5. The lowest BCUT2D eigenvalue weighted by Gasteiger charge is -2.26. The molecule has 4 nitrogen and oxygen atoms in total. The van der Waals surface area contributed by atoms with Crippen LogP contribution < -0.4 is 10.1 Å². The van der Waals surface area contributed by atoms with E-state index in [-0.39, 0.29) is 11.9 Å². The number of methoxy groups -OCH3 is 1. The number of hydrogen-bond acceptors (Lipinski definition) is 3. The zero-order chi connectivity index (χ0) is 15.7. The summed E-state index contributed by atoms with van der Waals surface area (Å²) in [5.74, 6) is 1.85. The highest BCUT2D eigenvalue weighted by molar-refractivity contribution is 5.99. The highest BCUT2D eigenvalue weighted by Gasteiger charge is 2.23. The van der Waals surface area contributed by atoms with Crippen LogP contribution in [-0.4, -0.2) is 19.1 Å². The molecule has 1 N–H and O–H groups in total. The van der Waals surface area contributed by atoms with E-state index in [1.165, 1.54) is 12.8 Å². The molecule has 1 aromatic carbocycles. The van der Waals surface area contributed by atoms with Crippen molar-refractivity contribution in [3.63, 3.8) is 0 Å². The SMILES string of the molecule is COc1ccc2oc(C(=O)NC3CCC(C)CC3)c(C)c2c1. The largest absolute Gasteiger partial charge is 0.497 e. The first-order chi connectivity index (χ1) is 10.6. The van der Waals surface area contributed by atoms with E-state index >= 15 is 0 Å². The predicted molar refractivity (Wildman–Crippen MR) is 86.4 cm³/mol. The molecule has 1 aromatic heterocycles. The third-order valence-electron chi connectivity index (χ3n) is 4.70. The van der Waals surface area contributed by atoms with Crippen molar-refractivity contribution in [2.75, 3.05) is 7.11 Å². The number of benzene rings is 1. The standard InChI is InChI=1S/C18H23NO3/c1-11-4-6-13(7-5-11)19-18(20)17-12(2)15-10-14(21-3)8-9-16(15)22-17/h8-11,13H,4-7H2,1-3H3,(H,19,20). The summed E-state index contributed by atoms with van der Waals surface area (Å²) < 4.78 is 11.0. The minimum Gasteiger partial charge on any atom is -0.497 e. The van der Waals surface area contributed by atoms with Crippen LogP contribution in [0.1, 0.15) is 48.7 Å². The number of nitrogens with one attached hydrogen (secondary N) is 1. The highest BCUT2D eigenvalue weighted by Crippen LogP contribution is 2.29. The number of fused-ring (bicyclic) bond motifs is 1. The number of furan rings is 1. The Kier molecular flexibility index (Phi) is 4.10. The smallest absolute Gasteiger partial charge is 0.287 e. The Balaban J connectivity index is 1.80. The maximum Gasteiger partial charge on any atom is 0.287 e. The zero-order valence-electron chi connectivity index (χ0n) is 13.4. The van der Waals surface area contributed by atoms with Crippen LogP contribution in [0.25, 0.3) is 11.0 Å². The van der Waals surface area contributed by atoms with Gasteiger partial charge in [-0.05, 0) is 56.7 Å². The van der Waals surface area contributed by atoms with Gasteiger partial charge in [-0.1, -0.05) is 6.92 Å². The van der Waals surface area contributed by atoms with Crippen molar-refractivity contribution >= 4 is 16.9 Å². The van der Waals surface area contributed by atoms with Gasteiger partial charge in [0.05, 0.1) is 7.11 Å². The van der Waals surface area contributed by atoms with Crippen molar-refractivity contribution in [3.8, 4) is 5.75 Å². The quantitative estimate of drug-likeness (QED) is 0.930. The van der Waals surface area contributed by atoms with E-state index in [2.05, 4.69) is 12.2 Å². The first kappa shape index (κ1) is 14.9. The molecule has 1 saturated carbocycles. The Morgan fingerprint density at radius 3 is 2.68 bits per heavy atom. The molecule has 0 aliphatic heterocycles. The van der Waals surface area contributed by atoms with Crippen molar-refractivity contribution in [2.24, 2.45) is 5.92 Å². The van der Waals surface area contributed by atoms with Gasteiger partial charge in [0.2, 0.25) is 0 Å².